The number of anilines is 1. The van der Waals surface area contributed by atoms with Gasteiger partial charge in [-0.15, -0.1) is 0 Å². The molecule has 0 atom stereocenters. The number of halogens is 1. The summed E-state index contributed by atoms with van der Waals surface area (Å²) >= 11 is 6.11. The molecule has 0 saturated heterocycles. The summed E-state index contributed by atoms with van der Waals surface area (Å²) in [5.74, 6) is -0.0334. The van der Waals surface area contributed by atoms with E-state index in [2.05, 4.69) is 10.3 Å². The van der Waals surface area contributed by atoms with E-state index in [0.717, 1.165) is 11.3 Å². The first kappa shape index (κ1) is 16.0. The van der Waals surface area contributed by atoms with Gasteiger partial charge in [-0.25, -0.2) is 4.99 Å². The summed E-state index contributed by atoms with van der Waals surface area (Å²) in [6.45, 7) is 1.98. The van der Waals surface area contributed by atoms with Crippen molar-refractivity contribution < 1.29 is 9.90 Å². The highest BCUT2D eigenvalue weighted by Crippen LogP contribution is 2.30. The Morgan fingerprint density at radius 3 is 2.67 bits per heavy atom. The van der Waals surface area contributed by atoms with Crippen molar-refractivity contribution in [3.05, 3.63) is 77.0 Å². The maximum atomic E-state index is 11.7. The molecule has 0 bridgehead atoms. The quantitative estimate of drug-likeness (QED) is 0.806. The zero-order chi connectivity index (χ0) is 17.1. The number of allylic oxidation sites excluding steroid dienone is 3. The normalized spacial score (nSPS) is 15.5. The number of nitrogens with one attached hydrogen (secondary N) is 1. The van der Waals surface area contributed by atoms with Crippen molar-refractivity contribution in [3.63, 3.8) is 0 Å². The standard InChI is InChI=1S/C19H15ClN2O2/c1-12-4-2-3-5-16(12)21-19-11-14(24)7-9-18(19)22-17-8-6-13(23)10-15(17)20/h2-11,21,23H,1H3/b22-18+. The first-order valence-corrected chi connectivity index (χ1v) is 7.75. The lowest BCUT2D eigenvalue weighted by atomic mass is 10.1. The molecule has 24 heavy (non-hydrogen) atoms. The number of aromatic hydroxyl groups is 1. The van der Waals surface area contributed by atoms with Gasteiger partial charge in [0.15, 0.2) is 5.78 Å². The van der Waals surface area contributed by atoms with Crippen LogP contribution in [0, 0.1) is 6.92 Å². The third kappa shape index (κ3) is 3.55. The molecule has 1 aliphatic rings. The molecule has 0 radical (unpaired) electrons. The molecule has 1 aliphatic carbocycles. The van der Waals surface area contributed by atoms with Gasteiger partial charge in [-0.3, -0.25) is 4.79 Å². The number of ketones is 1. The van der Waals surface area contributed by atoms with Crippen LogP contribution in [-0.2, 0) is 4.79 Å². The van der Waals surface area contributed by atoms with Crippen LogP contribution in [0.5, 0.6) is 5.75 Å². The lowest BCUT2D eigenvalue weighted by Crippen LogP contribution is -2.15. The second-order valence-corrected chi connectivity index (χ2v) is 5.77. The number of hydrogen-bond donors (Lipinski definition) is 2. The summed E-state index contributed by atoms with van der Waals surface area (Å²) in [5.41, 5.74) is 3.66. The van der Waals surface area contributed by atoms with Crippen LogP contribution >= 0.6 is 11.6 Å². The molecule has 0 spiro atoms. The molecule has 0 amide bonds. The molecule has 3 rings (SSSR count). The van der Waals surface area contributed by atoms with Gasteiger partial charge < -0.3 is 10.4 Å². The highest BCUT2D eigenvalue weighted by molar-refractivity contribution is 6.33. The van der Waals surface area contributed by atoms with Gasteiger partial charge >= 0.3 is 0 Å². The van der Waals surface area contributed by atoms with Crippen LogP contribution in [-0.4, -0.2) is 16.6 Å². The minimum atomic E-state index is -0.109. The number of benzene rings is 2. The number of phenols is 1. The average molecular weight is 339 g/mol. The van der Waals surface area contributed by atoms with Crippen LogP contribution in [0.1, 0.15) is 5.56 Å². The van der Waals surface area contributed by atoms with E-state index in [0.29, 0.717) is 22.1 Å². The second-order valence-electron chi connectivity index (χ2n) is 5.37. The molecule has 0 unspecified atom stereocenters. The lowest BCUT2D eigenvalue weighted by Gasteiger charge is -2.15. The predicted octanol–water partition coefficient (Wildman–Crippen LogP) is 4.56. The minimum Gasteiger partial charge on any atom is -0.508 e. The second kappa shape index (κ2) is 6.72. The number of carbonyl (C=O) groups excluding carboxylic acids is 1. The minimum absolute atomic E-state index is 0.0760. The molecular formula is C19H15ClN2O2. The SMILES string of the molecule is Cc1ccccc1NC1=CC(=O)C=C/C1=N\c1ccc(O)cc1Cl. The smallest absolute Gasteiger partial charge is 0.180 e. The van der Waals surface area contributed by atoms with Crippen LogP contribution in [0.4, 0.5) is 11.4 Å². The number of carbonyl (C=O) groups is 1. The molecule has 0 fully saturated rings. The fourth-order valence-electron chi connectivity index (χ4n) is 2.29. The van der Waals surface area contributed by atoms with Crippen molar-refractivity contribution in [2.24, 2.45) is 4.99 Å². The summed E-state index contributed by atoms with van der Waals surface area (Å²) in [6.07, 6.45) is 4.60. The Hall–Kier alpha value is -2.85. The molecule has 2 N–H and O–H groups in total. The van der Waals surface area contributed by atoms with Crippen LogP contribution in [0.3, 0.4) is 0 Å². The first-order chi connectivity index (χ1) is 11.5. The van der Waals surface area contributed by atoms with Gasteiger partial charge in [0.05, 0.1) is 22.1 Å². The van der Waals surface area contributed by atoms with E-state index in [1.54, 1.807) is 12.1 Å². The number of hydrogen-bond acceptors (Lipinski definition) is 4. The Morgan fingerprint density at radius 2 is 1.92 bits per heavy atom. The average Bonchev–Trinajstić information content (AvgIpc) is 2.54. The van der Waals surface area contributed by atoms with Crippen molar-refractivity contribution in [2.45, 2.75) is 6.92 Å². The van der Waals surface area contributed by atoms with Crippen LogP contribution < -0.4 is 5.32 Å². The van der Waals surface area contributed by atoms with E-state index in [-0.39, 0.29) is 11.5 Å². The van der Waals surface area contributed by atoms with E-state index >= 15 is 0 Å². The van der Waals surface area contributed by atoms with Gasteiger partial charge in [-0.05, 0) is 42.8 Å². The van der Waals surface area contributed by atoms with Crippen molar-refractivity contribution in [1.29, 1.82) is 0 Å². The number of nitrogens with zero attached hydrogens (tertiary/aromatic N) is 1. The maximum absolute atomic E-state index is 11.7. The van der Waals surface area contributed by atoms with E-state index in [1.165, 1.54) is 24.3 Å². The highest BCUT2D eigenvalue weighted by Gasteiger charge is 2.14. The van der Waals surface area contributed by atoms with Crippen molar-refractivity contribution >= 4 is 34.5 Å². The maximum Gasteiger partial charge on any atom is 0.180 e. The number of aryl methyl sites for hydroxylation is 1. The number of rotatable bonds is 3. The van der Waals surface area contributed by atoms with Gasteiger partial charge in [0.2, 0.25) is 0 Å². The largest absolute Gasteiger partial charge is 0.508 e. The number of phenolic OH excluding ortho intramolecular Hbond substituents is 1. The third-order valence-electron chi connectivity index (χ3n) is 3.55. The molecule has 120 valence electrons. The van der Waals surface area contributed by atoms with Gasteiger partial charge in [-0.1, -0.05) is 29.8 Å². The molecule has 0 heterocycles. The monoisotopic (exact) mass is 338 g/mol. The Bertz CT molecular complexity index is 898. The topological polar surface area (TPSA) is 61.7 Å². The summed E-state index contributed by atoms with van der Waals surface area (Å²) in [6, 6.07) is 12.4. The van der Waals surface area contributed by atoms with Crippen LogP contribution in [0.25, 0.3) is 0 Å². The summed E-state index contributed by atoms with van der Waals surface area (Å²) in [5, 5.41) is 13.0. The van der Waals surface area contributed by atoms with Crippen molar-refractivity contribution in [2.75, 3.05) is 5.32 Å². The van der Waals surface area contributed by atoms with Crippen LogP contribution in [0.2, 0.25) is 5.02 Å². The van der Waals surface area contributed by atoms with Crippen LogP contribution in [0.15, 0.2) is 71.4 Å². The zero-order valence-corrected chi connectivity index (χ0v) is 13.7. The molecule has 0 saturated carbocycles. The Kier molecular flexibility index (Phi) is 4.49. The Balaban J connectivity index is 1.98. The molecule has 5 heteroatoms. The van der Waals surface area contributed by atoms with E-state index in [9.17, 15) is 9.90 Å². The van der Waals surface area contributed by atoms with Gasteiger partial charge in [-0.2, -0.15) is 0 Å². The lowest BCUT2D eigenvalue weighted by molar-refractivity contribution is -0.110. The van der Waals surface area contributed by atoms with E-state index in [4.69, 9.17) is 11.6 Å². The van der Waals surface area contributed by atoms with Gasteiger partial charge in [0.1, 0.15) is 5.75 Å². The number of para-hydroxylation sites is 1. The first-order valence-electron chi connectivity index (χ1n) is 7.37. The van der Waals surface area contributed by atoms with Gasteiger partial charge in [0.25, 0.3) is 0 Å². The highest BCUT2D eigenvalue weighted by atomic mass is 35.5. The molecule has 2 aromatic rings. The molecule has 2 aromatic carbocycles. The van der Waals surface area contributed by atoms with E-state index in [1.807, 2.05) is 31.2 Å². The Labute approximate surface area is 144 Å². The zero-order valence-electron chi connectivity index (χ0n) is 13.0. The molecule has 0 aromatic heterocycles. The van der Waals surface area contributed by atoms with E-state index < -0.39 is 0 Å². The van der Waals surface area contributed by atoms with Gasteiger partial charge in [0, 0.05) is 17.8 Å². The fraction of sp³-hybridized carbons (Fsp3) is 0.0526. The molecular weight excluding hydrogens is 324 g/mol. The summed E-state index contributed by atoms with van der Waals surface area (Å²) < 4.78 is 0. The summed E-state index contributed by atoms with van der Waals surface area (Å²) in [7, 11) is 0. The predicted molar refractivity (Wildman–Crippen MR) is 97.2 cm³/mol. The number of aliphatic imine (C=N–C) groups is 1. The third-order valence-corrected chi connectivity index (χ3v) is 3.86. The van der Waals surface area contributed by atoms with Crippen molar-refractivity contribution in [3.8, 4) is 5.75 Å². The Morgan fingerprint density at radius 1 is 1.12 bits per heavy atom. The fourth-order valence-corrected chi connectivity index (χ4v) is 2.50. The van der Waals surface area contributed by atoms with Crippen molar-refractivity contribution in [1.82, 2.24) is 0 Å². The molecule has 0 aliphatic heterocycles. The summed E-state index contributed by atoms with van der Waals surface area (Å²) in [4.78, 5) is 16.2. The molecule has 4 nitrogen and oxygen atoms in total.